The average molecular weight is 631 g/mol. The van der Waals surface area contributed by atoms with Crippen LogP contribution >= 0.6 is 0 Å². The van der Waals surface area contributed by atoms with Crippen LogP contribution in [0, 0.1) is 16.0 Å². The summed E-state index contributed by atoms with van der Waals surface area (Å²) in [4.78, 5) is 52.5. The molecule has 2 aromatic rings. The first-order chi connectivity index (χ1) is 21.4. The van der Waals surface area contributed by atoms with Gasteiger partial charge in [-0.15, -0.1) is 15.2 Å². The largest absolute Gasteiger partial charge is 0.510 e. The van der Waals surface area contributed by atoms with Crippen LogP contribution < -0.4 is 11.6 Å². The van der Waals surface area contributed by atoms with E-state index in [1.54, 1.807) is 26.0 Å². The first-order valence-corrected chi connectivity index (χ1v) is 14.6. The number of unbranched alkanes of at least 4 members (excludes halogenated alkanes) is 2. The molecular formula is C30H42N6O9. The van der Waals surface area contributed by atoms with Crippen LogP contribution in [0.4, 0.5) is 4.79 Å². The number of carboxylic acid groups (broad SMARTS) is 1. The molecule has 15 nitrogen and oxygen atoms in total. The second-order valence-corrected chi connectivity index (χ2v) is 10.5. The molecule has 0 aliphatic rings. The van der Waals surface area contributed by atoms with Gasteiger partial charge >= 0.3 is 12.1 Å². The van der Waals surface area contributed by atoms with Gasteiger partial charge in [0.05, 0.1) is 13.2 Å². The van der Waals surface area contributed by atoms with E-state index < -0.39 is 30.0 Å². The SMILES string of the molecule is CCCCC(=O)N(Cc1ccc(-c2ccccc2/C(N)=N/N(N)COC(=O)OCCCCO[N+](=O)[O-])cc1)C(C(=O)O)C(C)C. The van der Waals surface area contributed by atoms with Crippen molar-refractivity contribution in [1.29, 1.82) is 0 Å². The van der Waals surface area contributed by atoms with Gasteiger partial charge in [-0.1, -0.05) is 75.7 Å². The fraction of sp³-hybridized carbons (Fsp3) is 0.467. The molecule has 1 amide bonds. The average Bonchev–Trinajstić information content (AvgIpc) is 3.00. The Hall–Kier alpha value is -4.92. The molecule has 0 saturated carbocycles. The van der Waals surface area contributed by atoms with Crippen LogP contribution in [0.15, 0.2) is 53.6 Å². The van der Waals surface area contributed by atoms with Gasteiger partial charge < -0.3 is 30.1 Å². The van der Waals surface area contributed by atoms with Gasteiger partial charge in [0.2, 0.25) is 5.91 Å². The highest BCUT2D eigenvalue weighted by atomic mass is 16.9. The number of carbonyl (C=O) groups excluding carboxylic acids is 2. The first-order valence-electron chi connectivity index (χ1n) is 14.6. The number of rotatable bonds is 19. The molecule has 0 heterocycles. The van der Waals surface area contributed by atoms with Crippen molar-refractivity contribution >= 4 is 23.9 Å². The summed E-state index contributed by atoms with van der Waals surface area (Å²) in [5, 5.41) is 24.0. The lowest BCUT2D eigenvalue weighted by Gasteiger charge is -2.32. The van der Waals surface area contributed by atoms with E-state index in [-0.39, 0.29) is 43.8 Å². The Morgan fingerprint density at radius 1 is 1.02 bits per heavy atom. The summed E-state index contributed by atoms with van der Waals surface area (Å²) in [6, 6.07) is 13.6. The van der Waals surface area contributed by atoms with Crippen LogP contribution in [-0.2, 0) is 30.4 Å². The molecule has 2 rings (SSSR count). The molecule has 0 spiro atoms. The smallest absolute Gasteiger partial charge is 0.480 e. The minimum absolute atomic E-state index is 0.0207. The summed E-state index contributed by atoms with van der Waals surface area (Å²) < 4.78 is 9.77. The van der Waals surface area contributed by atoms with Crippen molar-refractivity contribution in [2.24, 2.45) is 22.6 Å². The Morgan fingerprint density at radius 3 is 2.31 bits per heavy atom. The van der Waals surface area contributed by atoms with Crippen molar-refractivity contribution in [3.05, 3.63) is 69.8 Å². The highest BCUT2D eigenvalue weighted by Gasteiger charge is 2.32. The number of hydrazone groups is 1. The summed E-state index contributed by atoms with van der Waals surface area (Å²) in [6.07, 6.45) is 1.46. The zero-order valence-electron chi connectivity index (χ0n) is 25.8. The molecule has 0 fully saturated rings. The Kier molecular flexibility index (Phi) is 15.1. The number of hydrogen-bond acceptors (Lipinski definition) is 11. The van der Waals surface area contributed by atoms with Gasteiger partial charge in [-0.05, 0) is 41.9 Å². The quantitative estimate of drug-likeness (QED) is 0.0295. The topological polar surface area (TPSA) is 213 Å². The van der Waals surface area contributed by atoms with E-state index >= 15 is 0 Å². The van der Waals surface area contributed by atoms with Crippen LogP contribution in [0.1, 0.15) is 64.0 Å². The van der Waals surface area contributed by atoms with Crippen LogP contribution in [0.25, 0.3) is 11.1 Å². The van der Waals surface area contributed by atoms with Gasteiger partial charge in [-0.2, -0.15) is 5.12 Å². The number of aliphatic carboxylic acids is 1. The highest BCUT2D eigenvalue weighted by Crippen LogP contribution is 2.25. The predicted molar refractivity (Wildman–Crippen MR) is 164 cm³/mol. The van der Waals surface area contributed by atoms with Gasteiger partial charge in [0.1, 0.15) is 6.04 Å². The summed E-state index contributed by atoms with van der Waals surface area (Å²) in [6.45, 7) is 5.13. The number of carboxylic acids is 1. The molecule has 1 unspecified atom stereocenters. The van der Waals surface area contributed by atoms with E-state index in [4.69, 9.17) is 21.1 Å². The van der Waals surface area contributed by atoms with Crippen molar-refractivity contribution < 1.29 is 38.9 Å². The van der Waals surface area contributed by atoms with Gasteiger partial charge in [0, 0.05) is 18.5 Å². The van der Waals surface area contributed by atoms with E-state index in [2.05, 4.69) is 9.94 Å². The maximum absolute atomic E-state index is 13.0. The molecule has 45 heavy (non-hydrogen) atoms. The van der Waals surface area contributed by atoms with E-state index in [0.29, 0.717) is 24.8 Å². The summed E-state index contributed by atoms with van der Waals surface area (Å²) in [7, 11) is 0. The van der Waals surface area contributed by atoms with E-state index in [9.17, 15) is 29.6 Å². The number of hydrazine groups is 1. The van der Waals surface area contributed by atoms with Crippen LogP contribution in [0.2, 0.25) is 0 Å². The molecule has 5 N–H and O–H groups in total. The second kappa shape index (κ2) is 18.7. The van der Waals surface area contributed by atoms with Crippen molar-refractivity contribution in [3.63, 3.8) is 0 Å². The predicted octanol–water partition coefficient (Wildman–Crippen LogP) is 3.88. The first kappa shape index (κ1) is 36.3. The number of carbonyl (C=O) groups is 3. The number of hydrogen-bond donors (Lipinski definition) is 3. The molecule has 0 saturated heterocycles. The summed E-state index contributed by atoms with van der Waals surface area (Å²) in [5.74, 6) is 4.39. The fourth-order valence-corrected chi connectivity index (χ4v) is 4.42. The Morgan fingerprint density at radius 2 is 1.69 bits per heavy atom. The van der Waals surface area contributed by atoms with Crippen molar-refractivity contribution in [1.82, 2.24) is 10.0 Å². The molecular weight excluding hydrogens is 588 g/mol. The normalized spacial score (nSPS) is 11.9. The van der Waals surface area contributed by atoms with Crippen LogP contribution in [-0.4, -0.2) is 70.1 Å². The molecule has 1 atom stereocenters. The second-order valence-electron chi connectivity index (χ2n) is 10.5. The molecule has 15 heteroatoms. The van der Waals surface area contributed by atoms with E-state index in [1.165, 1.54) is 4.90 Å². The van der Waals surface area contributed by atoms with E-state index in [1.807, 2.05) is 43.3 Å². The Balaban J connectivity index is 2.08. The number of amides is 1. The molecule has 2 aromatic carbocycles. The molecule has 0 aliphatic carbocycles. The lowest BCUT2D eigenvalue weighted by molar-refractivity contribution is -0.757. The third-order valence-electron chi connectivity index (χ3n) is 6.61. The number of ether oxygens (including phenoxy) is 2. The number of nitrogens with two attached hydrogens (primary N) is 2. The van der Waals surface area contributed by atoms with Crippen LogP contribution in [0.3, 0.4) is 0 Å². The fourth-order valence-electron chi connectivity index (χ4n) is 4.42. The van der Waals surface area contributed by atoms with Crippen LogP contribution in [0.5, 0.6) is 0 Å². The van der Waals surface area contributed by atoms with E-state index in [0.717, 1.165) is 28.2 Å². The number of amidine groups is 1. The Bertz CT molecular complexity index is 1300. The van der Waals surface area contributed by atoms with Crippen molar-refractivity contribution in [3.8, 4) is 11.1 Å². The highest BCUT2D eigenvalue weighted by molar-refractivity contribution is 6.03. The third kappa shape index (κ3) is 12.3. The minimum atomic E-state index is -1.04. The Labute approximate surface area is 261 Å². The maximum Gasteiger partial charge on any atom is 0.510 e. The molecule has 0 aromatic heterocycles. The molecule has 0 radical (unpaired) electrons. The zero-order chi connectivity index (χ0) is 33.4. The minimum Gasteiger partial charge on any atom is -0.480 e. The monoisotopic (exact) mass is 630 g/mol. The van der Waals surface area contributed by atoms with Gasteiger partial charge in [-0.3, -0.25) is 4.79 Å². The number of benzene rings is 2. The third-order valence-corrected chi connectivity index (χ3v) is 6.61. The zero-order valence-corrected chi connectivity index (χ0v) is 25.8. The standard InChI is InChI=1S/C30H42N6O9/c1-4-5-12-26(37)34(27(21(2)3)29(38)39)19-22-13-15-23(16-14-22)24-10-6-7-11-25(24)28(31)33-35(32)20-44-30(40)43-17-8-9-18-45-36(41)42/h6-7,10-11,13-16,21,27H,4-5,8-9,12,17-20,32H2,1-3H3,(H2,31,33)(H,38,39). The van der Waals surface area contributed by atoms with Gasteiger partial charge in [-0.25, -0.2) is 15.4 Å². The maximum atomic E-state index is 13.0. The van der Waals surface area contributed by atoms with Crippen molar-refractivity contribution in [2.75, 3.05) is 19.9 Å². The van der Waals surface area contributed by atoms with Gasteiger partial charge in [0.15, 0.2) is 12.6 Å². The molecule has 246 valence electrons. The number of nitrogens with zero attached hydrogens (tertiary/aromatic N) is 4. The van der Waals surface area contributed by atoms with Crippen molar-refractivity contribution in [2.45, 2.75) is 65.5 Å². The summed E-state index contributed by atoms with van der Waals surface area (Å²) >= 11 is 0. The molecule has 0 aliphatic heterocycles. The lowest BCUT2D eigenvalue weighted by atomic mass is 9.97. The lowest BCUT2D eigenvalue weighted by Crippen LogP contribution is -2.47. The summed E-state index contributed by atoms with van der Waals surface area (Å²) in [5.41, 5.74) is 9.11. The van der Waals surface area contributed by atoms with Gasteiger partial charge in [0.25, 0.3) is 5.09 Å². The molecule has 0 bridgehead atoms.